The van der Waals surface area contributed by atoms with Crippen LogP contribution in [0.25, 0.3) is 33.7 Å². The van der Waals surface area contributed by atoms with E-state index >= 15 is 0 Å². The van der Waals surface area contributed by atoms with Gasteiger partial charge in [-0.15, -0.1) is 0 Å². The Bertz CT molecular complexity index is 4670. The fraction of sp³-hybridized carbons (Fsp3) is 0.278. The minimum atomic E-state index is -2.72. The summed E-state index contributed by atoms with van der Waals surface area (Å²) < 4.78 is 33.4. The Morgan fingerprint density at radius 1 is 0.294 bits per heavy atom. The Hall–Kier alpha value is -10.4. The average molecular weight is 1640 g/mol. The van der Waals surface area contributed by atoms with Crippen molar-refractivity contribution in [2.24, 2.45) is 0 Å². The summed E-state index contributed by atoms with van der Waals surface area (Å²) in [6, 6.07) is 117. The van der Waals surface area contributed by atoms with E-state index in [0.29, 0.717) is 19.4 Å². The Kier molecular flexibility index (Phi) is 54.4. The topological polar surface area (TPSA) is 125 Å². The van der Waals surface area contributed by atoms with Crippen molar-refractivity contribution in [2.75, 3.05) is 52.6 Å². The standard InChI is InChI=1S/C24H25N.C23H23N.C20H19N.2C10H8.C8H19OP.C7H17O3P.3C2H6.2H2O/c1-3-4-6-12-21-16-18-23(19-17-21)25(22-13-7-5-8-14-22)24-15-10-9-11-20(24)2;1-3-4-11-20-15-17-22(18-16-20)24(21-12-6-5-7-13-21)23-14-9-8-10-19(23)2;1-16-12-14-19(15-13-16)21(18-9-4-3-5-10-18)20-11-7-6-8-17(20)2;2*1-2-6-10-8-4-3-7-9(10)5-1;1-4-7-8-10(9,5-2)6-3;1-4-7-11(8,9-5-2)10-6-3;3*1-2;;/h5-19H,3-4H2,1-2H3;4-18H,3H2,1-2H3;3-15H,1-2H3;2*1-8H;4-8H2,1-3H3;4-7H2,1-3H3;3*1-2H3;2*1H2. The molecule has 0 aliphatic rings. The monoisotopic (exact) mass is 1640 g/mol. The maximum absolute atomic E-state index is 11.7. The summed E-state index contributed by atoms with van der Waals surface area (Å²) >= 11 is 0. The van der Waals surface area contributed by atoms with Crippen LogP contribution in [0.4, 0.5) is 51.2 Å². The first kappa shape index (κ1) is 105. The zero-order valence-electron chi connectivity index (χ0n) is 74.9. The van der Waals surface area contributed by atoms with E-state index in [1.54, 1.807) is 0 Å². The maximum atomic E-state index is 11.7. The fourth-order valence-corrected chi connectivity index (χ4v) is 16.0. The van der Waals surface area contributed by atoms with Crippen LogP contribution in [-0.2, 0) is 18.2 Å². The zero-order chi connectivity index (χ0) is 85.3. The molecule has 0 radical (unpaired) electrons. The van der Waals surface area contributed by atoms with Gasteiger partial charge in [-0.3, -0.25) is 4.57 Å². The normalized spacial score (nSPS) is 10.3. The van der Waals surface area contributed by atoms with Crippen molar-refractivity contribution in [3.05, 3.63) is 379 Å². The molecule has 0 spiro atoms. The second-order valence-electron chi connectivity index (χ2n) is 27.0. The molecule has 13 aromatic carbocycles. The minimum Gasteiger partial charge on any atom is -0.412 e. The molecule has 119 heavy (non-hydrogen) atoms. The van der Waals surface area contributed by atoms with Crippen LogP contribution in [0.3, 0.4) is 0 Å². The van der Waals surface area contributed by atoms with Crippen molar-refractivity contribution in [3.63, 3.8) is 0 Å². The molecule has 0 atom stereocenters. The third-order valence-corrected chi connectivity index (χ3v) is 24.3. The molecule has 0 saturated heterocycles. The van der Waals surface area contributed by atoms with Gasteiger partial charge < -0.3 is 39.3 Å². The molecule has 0 heterocycles. The summed E-state index contributed by atoms with van der Waals surface area (Å²) in [4.78, 5) is 6.92. The van der Waals surface area contributed by atoms with Crippen LogP contribution in [0, 0.1) is 27.7 Å². The number of fused-ring (bicyclic) bond motifs is 2. The second-order valence-corrected chi connectivity index (χ2v) is 33.0. The van der Waals surface area contributed by atoms with Gasteiger partial charge in [-0.1, -0.05) is 368 Å². The number of aryl methyl sites for hydroxylation is 4. The van der Waals surface area contributed by atoms with Crippen molar-refractivity contribution in [2.45, 2.75) is 163 Å². The third kappa shape index (κ3) is 36.8. The molecule has 0 aliphatic heterocycles. The zero-order valence-corrected chi connectivity index (χ0v) is 76.7. The van der Waals surface area contributed by atoms with E-state index in [0.717, 1.165) is 44.2 Å². The molecule has 0 amide bonds. The van der Waals surface area contributed by atoms with Gasteiger partial charge in [-0.25, -0.2) is 0 Å². The largest absolute Gasteiger partial charge is 0.412 e. The summed E-state index contributed by atoms with van der Waals surface area (Å²) in [7, 11) is -4.42. The quantitative estimate of drug-likeness (QED) is 0.0522. The van der Waals surface area contributed by atoms with Crippen LogP contribution < -0.4 is 14.7 Å². The van der Waals surface area contributed by atoms with E-state index in [1.807, 2.05) is 76.2 Å². The summed E-state index contributed by atoms with van der Waals surface area (Å²) in [5.74, 6) is 0. The average Bonchev–Trinajstić information content (AvgIpc) is 0.793. The van der Waals surface area contributed by atoms with E-state index < -0.39 is 14.7 Å². The van der Waals surface area contributed by atoms with Crippen LogP contribution >= 0.6 is 14.7 Å². The SMILES string of the molecule is CC.CC.CC.CCC=Cc1ccc(N(c2ccccc2)c2ccccc2C)cc1.CCCC=Cc1ccc(N(c2ccccc2)c2ccccc2C)cc1.CCCCP(=O)(CC)CC.CCCP(=O)(OCC)OCC.Cc1ccc(N(c2ccccc2)c2ccccc2C)cc1.O.O.c1ccc2ccccc2c1.c1ccc2ccccc2c1. The van der Waals surface area contributed by atoms with Crippen molar-refractivity contribution in [1.29, 1.82) is 0 Å². The van der Waals surface area contributed by atoms with Crippen molar-refractivity contribution in [3.8, 4) is 0 Å². The van der Waals surface area contributed by atoms with E-state index in [4.69, 9.17) is 9.05 Å². The van der Waals surface area contributed by atoms with Crippen LogP contribution in [0.2, 0.25) is 0 Å². The molecule has 0 saturated carbocycles. The third-order valence-electron chi connectivity index (χ3n) is 18.6. The Labute approximate surface area is 719 Å². The van der Waals surface area contributed by atoms with Gasteiger partial charge in [-0.2, -0.15) is 0 Å². The highest BCUT2D eigenvalue weighted by atomic mass is 31.2. The van der Waals surface area contributed by atoms with Crippen molar-refractivity contribution in [1.82, 2.24) is 0 Å². The Morgan fingerprint density at radius 2 is 0.563 bits per heavy atom. The minimum absolute atomic E-state index is 0. The Morgan fingerprint density at radius 3 is 0.824 bits per heavy atom. The van der Waals surface area contributed by atoms with Gasteiger partial charge in [0, 0.05) is 63.5 Å². The highest BCUT2D eigenvalue weighted by Gasteiger charge is 2.22. The van der Waals surface area contributed by atoms with Gasteiger partial charge in [0.15, 0.2) is 0 Å². The summed E-state index contributed by atoms with van der Waals surface area (Å²) in [5, 5.41) is 5.24. The number of nitrogens with zero attached hydrogens (tertiary/aromatic N) is 3. The molecule has 11 heteroatoms. The lowest BCUT2D eigenvalue weighted by Crippen LogP contribution is -2.11. The van der Waals surface area contributed by atoms with Crippen molar-refractivity contribution < 1.29 is 29.1 Å². The Balaban J connectivity index is 0.000000479. The lowest BCUT2D eigenvalue weighted by molar-refractivity contribution is 0.220. The molecule has 0 aromatic heterocycles. The molecule has 9 nitrogen and oxygen atoms in total. The molecule has 13 aromatic rings. The van der Waals surface area contributed by atoms with Gasteiger partial charge in [0.1, 0.15) is 0 Å². The smallest absolute Gasteiger partial charge is 0.330 e. The second kappa shape index (κ2) is 61.8. The number of unbranched alkanes of at least 4 members (excludes halogenated alkanes) is 2. The number of hydrogen-bond acceptors (Lipinski definition) is 7. The predicted molar refractivity (Wildman–Crippen MR) is 529 cm³/mol. The summed E-state index contributed by atoms with van der Waals surface area (Å²) in [6.07, 6.45) is 18.6. The van der Waals surface area contributed by atoms with Gasteiger partial charge in [0.05, 0.1) is 20.4 Å². The lowest BCUT2D eigenvalue weighted by Gasteiger charge is -2.27. The first-order valence-corrected chi connectivity index (χ1v) is 46.8. The summed E-state index contributed by atoms with van der Waals surface area (Å²) in [5.41, 5.74) is 18.2. The van der Waals surface area contributed by atoms with Crippen LogP contribution in [-0.4, -0.2) is 48.8 Å². The molecular formula is C108H141N3O6P2. The van der Waals surface area contributed by atoms with E-state index in [2.05, 4.69) is 421 Å². The number of anilines is 9. The predicted octanol–water partition coefficient (Wildman–Crippen LogP) is 32.9. The van der Waals surface area contributed by atoms with Gasteiger partial charge >= 0.3 is 7.60 Å². The van der Waals surface area contributed by atoms with Gasteiger partial charge in [0.25, 0.3) is 0 Å². The molecule has 0 bridgehead atoms. The molecular weight excluding hydrogens is 1500 g/mol. The van der Waals surface area contributed by atoms with E-state index in [1.165, 1.54) is 119 Å². The number of hydrogen-bond donors (Lipinski definition) is 0. The number of benzene rings is 13. The molecule has 4 N–H and O–H groups in total. The lowest BCUT2D eigenvalue weighted by atomic mass is 10.1. The number of para-hydroxylation sites is 6. The van der Waals surface area contributed by atoms with E-state index in [9.17, 15) is 9.13 Å². The summed E-state index contributed by atoms with van der Waals surface area (Å²) in [6.45, 7) is 37.7. The maximum Gasteiger partial charge on any atom is 0.330 e. The molecule has 0 unspecified atom stereocenters. The van der Waals surface area contributed by atoms with Crippen LogP contribution in [0.5, 0.6) is 0 Å². The van der Waals surface area contributed by atoms with E-state index in [-0.39, 0.29) is 11.0 Å². The van der Waals surface area contributed by atoms with Gasteiger partial charge in [0.2, 0.25) is 0 Å². The fourth-order valence-electron chi connectivity index (χ4n) is 12.3. The highest BCUT2D eigenvalue weighted by molar-refractivity contribution is 7.63. The first-order valence-electron chi connectivity index (χ1n) is 42.8. The number of rotatable bonds is 25. The highest BCUT2D eigenvalue weighted by Crippen LogP contribution is 2.49. The van der Waals surface area contributed by atoms with Crippen LogP contribution in [0.15, 0.2) is 346 Å². The molecule has 634 valence electrons. The van der Waals surface area contributed by atoms with Crippen LogP contribution in [0.1, 0.15) is 169 Å². The van der Waals surface area contributed by atoms with Crippen molar-refractivity contribution >= 4 is 99.6 Å². The molecule has 0 aliphatic carbocycles. The molecule has 0 fully saturated rings. The van der Waals surface area contributed by atoms with Gasteiger partial charge in [-0.05, 0) is 220 Å². The molecule has 13 rings (SSSR count). The first-order chi connectivity index (χ1) is 57.1. The number of allylic oxidation sites excluding steroid dienone is 2.